The summed E-state index contributed by atoms with van der Waals surface area (Å²) in [4.78, 5) is 4.16. The molecule has 0 saturated heterocycles. The van der Waals surface area contributed by atoms with Gasteiger partial charge in [-0.05, 0) is 24.3 Å². The molecule has 3 rings (SSSR count). The molecule has 0 aliphatic rings. The highest BCUT2D eigenvalue weighted by Gasteiger charge is 1.96. The number of aromatic amines is 1. The Labute approximate surface area is 96.9 Å². The summed E-state index contributed by atoms with van der Waals surface area (Å²) in [6.45, 7) is 0. The third-order valence-electron chi connectivity index (χ3n) is 1.94. The third kappa shape index (κ3) is 2.58. The van der Waals surface area contributed by atoms with E-state index in [-0.39, 0.29) is 0 Å². The molecule has 0 aliphatic carbocycles. The molecule has 0 aliphatic heterocycles. The molecule has 1 aromatic carbocycles. The fourth-order valence-electron chi connectivity index (χ4n) is 1.18. The fraction of sp³-hybridized carbons (Fsp3) is 0.0909. The Balaban J connectivity index is 0.000000162. The molecular formula is C11H11N3OS. The molecule has 3 aromatic rings. The zero-order valence-electron chi connectivity index (χ0n) is 8.75. The van der Waals surface area contributed by atoms with Crippen molar-refractivity contribution in [1.29, 1.82) is 0 Å². The highest BCUT2D eigenvalue weighted by atomic mass is 32.1. The van der Waals surface area contributed by atoms with Crippen LogP contribution in [-0.4, -0.2) is 22.3 Å². The number of rotatable bonds is 1. The standard InChI is InChI=1S/C8H7NOS.C3H4N2/c1-10-6-2-3-7-8(4-6)11-5-9-7;1-2-4-5-3-1/h2-5H,1H3;1-3H,(H,4,5). The number of nitrogens with one attached hydrogen (secondary N) is 1. The molecule has 0 saturated carbocycles. The Kier molecular flexibility index (Phi) is 3.50. The van der Waals surface area contributed by atoms with Crippen LogP contribution in [0.3, 0.4) is 0 Å². The Bertz CT molecular complexity index is 516. The van der Waals surface area contributed by atoms with Gasteiger partial charge in [0.1, 0.15) is 5.75 Å². The number of fused-ring (bicyclic) bond motifs is 1. The van der Waals surface area contributed by atoms with Crippen LogP contribution in [0, 0.1) is 0 Å². The molecule has 5 heteroatoms. The first-order chi connectivity index (χ1) is 7.90. The maximum absolute atomic E-state index is 5.07. The second-order valence-electron chi connectivity index (χ2n) is 2.95. The van der Waals surface area contributed by atoms with E-state index in [1.54, 1.807) is 30.8 Å². The van der Waals surface area contributed by atoms with Crippen molar-refractivity contribution in [3.63, 3.8) is 0 Å². The summed E-state index contributed by atoms with van der Waals surface area (Å²) < 4.78 is 6.24. The van der Waals surface area contributed by atoms with Crippen molar-refractivity contribution in [2.75, 3.05) is 7.11 Å². The smallest absolute Gasteiger partial charge is 0.120 e. The van der Waals surface area contributed by atoms with Gasteiger partial charge in [0.05, 0.1) is 22.8 Å². The molecule has 0 radical (unpaired) electrons. The first-order valence-electron chi connectivity index (χ1n) is 4.71. The number of thiazole rings is 1. The van der Waals surface area contributed by atoms with Crippen LogP contribution >= 0.6 is 11.3 Å². The first-order valence-corrected chi connectivity index (χ1v) is 5.59. The monoisotopic (exact) mass is 233 g/mol. The fourth-order valence-corrected chi connectivity index (χ4v) is 1.88. The number of nitrogens with zero attached hydrogens (tertiary/aromatic N) is 2. The van der Waals surface area contributed by atoms with Crippen molar-refractivity contribution < 1.29 is 4.74 Å². The van der Waals surface area contributed by atoms with Crippen LogP contribution in [0.2, 0.25) is 0 Å². The molecule has 16 heavy (non-hydrogen) atoms. The Morgan fingerprint density at radius 3 is 2.94 bits per heavy atom. The van der Waals surface area contributed by atoms with Gasteiger partial charge in [-0.2, -0.15) is 5.10 Å². The summed E-state index contributed by atoms with van der Waals surface area (Å²) in [7, 11) is 1.67. The molecule has 0 atom stereocenters. The summed E-state index contributed by atoms with van der Waals surface area (Å²) in [5, 5.41) is 6.21. The molecule has 2 aromatic heterocycles. The largest absolute Gasteiger partial charge is 0.497 e. The number of hydrogen-bond donors (Lipinski definition) is 1. The van der Waals surface area contributed by atoms with Gasteiger partial charge >= 0.3 is 0 Å². The van der Waals surface area contributed by atoms with Crippen LogP contribution < -0.4 is 4.74 Å². The minimum absolute atomic E-state index is 0.891. The van der Waals surface area contributed by atoms with Gasteiger partial charge in [0, 0.05) is 12.4 Å². The average Bonchev–Trinajstić information content (AvgIpc) is 3.02. The molecule has 4 nitrogen and oxygen atoms in total. The maximum Gasteiger partial charge on any atom is 0.120 e. The molecular weight excluding hydrogens is 222 g/mol. The lowest BCUT2D eigenvalue weighted by Crippen LogP contribution is -1.80. The van der Waals surface area contributed by atoms with E-state index in [9.17, 15) is 0 Å². The van der Waals surface area contributed by atoms with Gasteiger partial charge in [0.2, 0.25) is 0 Å². The zero-order chi connectivity index (χ0) is 11.2. The van der Waals surface area contributed by atoms with E-state index in [1.807, 2.05) is 29.8 Å². The average molecular weight is 233 g/mol. The number of methoxy groups -OCH3 is 1. The van der Waals surface area contributed by atoms with E-state index in [2.05, 4.69) is 15.2 Å². The van der Waals surface area contributed by atoms with E-state index >= 15 is 0 Å². The summed E-state index contributed by atoms with van der Waals surface area (Å²) in [5.74, 6) is 0.891. The van der Waals surface area contributed by atoms with Gasteiger partial charge in [-0.15, -0.1) is 11.3 Å². The van der Waals surface area contributed by atoms with Gasteiger partial charge in [0.15, 0.2) is 0 Å². The third-order valence-corrected chi connectivity index (χ3v) is 2.74. The molecule has 0 unspecified atom stereocenters. The van der Waals surface area contributed by atoms with E-state index in [0.717, 1.165) is 11.3 Å². The normalized spacial score (nSPS) is 9.56. The van der Waals surface area contributed by atoms with Crippen molar-refractivity contribution in [1.82, 2.24) is 15.2 Å². The Hall–Kier alpha value is -1.88. The quantitative estimate of drug-likeness (QED) is 0.703. The van der Waals surface area contributed by atoms with Gasteiger partial charge in [-0.3, -0.25) is 5.10 Å². The SMILES string of the molecule is COc1ccc2ncsc2c1.c1cn[nH]c1. The lowest BCUT2D eigenvalue weighted by Gasteiger charge is -1.96. The number of H-pyrrole nitrogens is 1. The molecule has 1 N–H and O–H groups in total. The topological polar surface area (TPSA) is 50.8 Å². The first kappa shape index (κ1) is 10.6. The van der Waals surface area contributed by atoms with Crippen LogP contribution in [0.25, 0.3) is 10.2 Å². The molecule has 0 spiro atoms. The summed E-state index contributed by atoms with van der Waals surface area (Å²) in [5.41, 5.74) is 2.88. The molecule has 0 amide bonds. The molecule has 2 heterocycles. The van der Waals surface area contributed by atoms with Gasteiger partial charge in [-0.25, -0.2) is 4.98 Å². The highest BCUT2D eigenvalue weighted by molar-refractivity contribution is 7.16. The minimum atomic E-state index is 0.891. The van der Waals surface area contributed by atoms with Crippen LogP contribution in [-0.2, 0) is 0 Å². The van der Waals surface area contributed by atoms with Crippen molar-refractivity contribution in [2.24, 2.45) is 0 Å². The van der Waals surface area contributed by atoms with E-state index in [1.165, 1.54) is 4.70 Å². The number of benzene rings is 1. The maximum atomic E-state index is 5.07. The van der Waals surface area contributed by atoms with Crippen molar-refractivity contribution in [2.45, 2.75) is 0 Å². The van der Waals surface area contributed by atoms with E-state index in [0.29, 0.717) is 0 Å². The van der Waals surface area contributed by atoms with Gasteiger partial charge in [-0.1, -0.05) is 0 Å². The van der Waals surface area contributed by atoms with Crippen molar-refractivity contribution >= 4 is 21.6 Å². The number of hydrogen-bond acceptors (Lipinski definition) is 4. The van der Waals surface area contributed by atoms with Crippen LogP contribution in [0.1, 0.15) is 0 Å². The molecule has 0 fully saturated rings. The van der Waals surface area contributed by atoms with Crippen LogP contribution in [0.15, 0.2) is 42.2 Å². The van der Waals surface area contributed by atoms with Gasteiger partial charge in [0.25, 0.3) is 0 Å². The van der Waals surface area contributed by atoms with Gasteiger partial charge < -0.3 is 4.74 Å². The predicted molar refractivity (Wildman–Crippen MR) is 64.8 cm³/mol. The van der Waals surface area contributed by atoms with E-state index < -0.39 is 0 Å². The predicted octanol–water partition coefficient (Wildman–Crippen LogP) is 2.71. The zero-order valence-corrected chi connectivity index (χ0v) is 9.57. The second-order valence-corrected chi connectivity index (χ2v) is 3.84. The van der Waals surface area contributed by atoms with Crippen LogP contribution in [0.5, 0.6) is 5.75 Å². The highest BCUT2D eigenvalue weighted by Crippen LogP contribution is 2.22. The molecule has 82 valence electrons. The summed E-state index contributed by atoms with van der Waals surface area (Å²) in [6.07, 6.45) is 3.46. The van der Waals surface area contributed by atoms with Crippen molar-refractivity contribution in [3.05, 3.63) is 42.2 Å². The Morgan fingerprint density at radius 2 is 2.31 bits per heavy atom. The van der Waals surface area contributed by atoms with Crippen LogP contribution in [0.4, 0.5) is 0 Å². The summed E-state index contributed by atoms with van der Waals surface area (Å²) >= 11 is 1.63. The van der Waals surface area contributed by atoms with E-state index in [4.69, 9.17) is 4.74 Å². The summed E-state index contributed by atoms with van der Waals surface area (Å²) in [6, 6.07) is 7.71. The minimum Gasteiger partial charge on any atom is -0.497 e. The molecule has 0 bridgehead atoms. The lowest BCUT2D eigenvalue weighted by atomic mass is 10.3. The number of aromatic nitrogens is 3. The number of ether oxygens (including phenoxy) is 1. The second kappa shape index (κ2) is 5.27. The van der Waals surface area contributed by atoms with Crippen molar-refractivity contribution in [3.8, 4) is 5.75 Å². The lowest BCUT2D eigenvalue weighted by molar-refractivity contribution is 0.415. The Morgan fingerprint density at radius 1 is 1.38 bits per heavy atom.